The second kappa shape index (κ2) is 4.04. The lowest BCUT2D eigenvalue weighted by molar-refractivity contribution is -0.122. The Balaban J connectivity index is 2.28. The second-order valence-electron chi connectivity index (χ2n) is 4.24. The van der Waals surface area contributed by atoms with E-state index in [2.05, 4.69) is 12.2 Å². The molecule has 0 amide bonds. The third kappa shape index (κ3) is 2.59. The van der Waals surface area contributed by atoms with E-state index >= 15 is 0 Å². The van der Waals surface area contributed by atoms with Crippen molar-refractivity contribution >= 4 is 5.78 Å². The highest BCUT2D eigenvalue weighted by molar-refractivity contribution is 5.80. The van der Waals surface area contributed by atoms with E-state index in [1.54, 1.807) is 0 Å². The van der Waals surface area contributed by atoms with Crippen molar-refractivity contribution in [3.8, 4) is 0 Å². The molecular weight excluding hydrogens is 150 g/mol. The highest BCUT2D eigenvalue weighted by Crippen LogP contribution is 2.18. The van der Waals surface area contributed by atoms with Gasteiger partial charge >= 0.3 is 0 Å². The Morgan fingerprint density at radius 1 is 1.58 bits per heavy atom. The van der Waals surface area contributed by atoms with Crippen LogP contribution < -0.4 is 5.32 Å². The molecule has 0 aromatic rings. The first-order valence-corrected chi connectivity index (χ1v) is 4.85. The standard InChI is InChI=1S/C10H19NO/c1-7(2)10(12)5-9-4-8(3)11-6-9/h7-9,11H,4-6H2,1-3H3/t8?,9-/m0/s1. The topological polar surface area (TPSA) is 29.1 Å². The minimum atomic E-state index is 0.209. The van der Waals surface area contributed by atoms with Crippen molar-refractivity contribution in [2.24, 2.45) is 11.8 Å². The zero-order chi connectivity index (χ0) is 9.14. The highest BCUT2D eigenvalue weighted by Gasteiger charge is 2.23. The fourth-order valence-electron chi connectivity index (χ4n) is 1.71. The van der Waals surface area contributed by atoms with Gasteiger partial charge in [-0.3, -0.25) is 4.79 Å². The molecule has 12 heavy (non-hydrogen) atoms. The van der Waals surface area contributed by atoms with E-state index in [0.717, 1.165) is 13.0 Å². The number of ketones is 1. The SMILES string of the molecule is CC1C[C@@H](CC(=O)C(C)C)CN1. The number of carbonyl (C=O) groups is 1. The van der Waals surface area contributed by atoms with Gasteiger partial charge in [-0.15, -0.1) is 0 Å². The van der Waals surface area contributed by atoms with Crippen LogP contribution in [0.2, 0.25) is 0 Å². The van der Waals surface area contributed by atoms with E-state index in [9.17, 15) is 4.79 Å². The molecule has 1 aliphatic rings. The van der Waals surface area contributed by atoms with Gasteiger partial charge in [-0.2, -0.15) is 0 Å². The predicted molar refractivity (Wildman–Crippen MR) is 50.0 cm³/mol. The minimum absolute atomic E-state index is 0.209. The first-order valence-electron chi connectivity index (χ1n) is 4.85. The lowest BCUT2D eigenvalue weighted by atomic mass is 9.95. The molecule has 1 saturated heterocycles. The summed E-state index contributed by atoms with van der Waals surface area (Å²) in [4.78, 5) is 11.4. The molecule has 1 N–H and O–H groups in total. The Kier molecular flexibility index (Phi) is 3.27. The van der Waals surface area contributed by atoms with Gasteiger partial charge in [0.2, 0.25) is 0 Å². The Hall–Kier alpha value is -0.370. The smallest absolute Gasteiger partial charge is 0.135 e. The van der Waals surface area contributed by atoms with E-state index in [1.807, 2.05) is 13.8 Å². The summed E-state index contributed by atoms with van der Waals surface area (Å²) in [6.07, 6.45) is 1.94. The fraction of sp³-hybridized carbons (Fsp3) is 0.900. The molecule has 0 aromatic heterocycles. The highest BCUT2D eigenvalue weighted by atomic mass is 16.1. The molecule has 0 radical (unpaired) electrons. The van der Waals surface area contributed by atoms with Gasteiger partial charge < -0.3 is 5.32 Å². The summed E-state index contributed by atoms with van der Waals surface area (Å²) in [6.45, 7) is 7.17. The van der Waals surface area contributed by atoms with Crippen molar-refractivity contribution in [2.75, 3.05) is 6.54 Å². The first-order chi connectivity index (χ1) is 5.59. The summed E-state index contributed by atoms with van der Waals surface area (Å²) in [5.41, 5.74) is 0. The molecule has 70 valence electrons. The van der Waals surface area contributed by atoms with Gasteiger partial charge in [-0.05, 0) is 25.8 Å². The van der Waals surface area contributed by atoms with Crippen LogP contribution in [0.4, 0.5) is 0 Å². The van der Waals surface area contributed by atoms with E-state index in [4.69, 9.17) is 0 Å². The van der Waals surface area contributed by atoms with Crippen LogP contribution in [0, 0.1) is 11.8 Å². The average molecular weight is 169 g/mol. The molecule has 0 bridgehead atoms. The summed E-state index contributed by atoms with van der Waals surface area (Å²) < 4.78 is 0. The monoisotopic (exact) mass is 169 g/mol. The Labute approximate surface area is 74.7 Å². The second-order valence-corrected chi connectivity index (χ2v) is 4.24. The van der Waals surface area contributed by atoms with Gasteiger partial charge in [0.25, 0.3) is 0 Å². The first kappa shape index (κ1) is 9.72. The number of hydrogen-bond donors (Lipinski definition) is 1. The molecular formula is C10H19NO. The molecule has 2 nitrogen and oxygen atoms in total. The minimum Gasteiger partial charge on any atom is -0.314 e. The largest absolute Gasteiger partial charge is 0.314 e. The molecule has 0 aliphatic carbocycles. The summed E-state index contributed by atoms with van der Waals surface area (Å²) in [7, 11) is 0. The van der Waals surface area contributed by atoms with Crippen LogP contribution in [0.1, 0.15) is 33.6 Å². The zero-order valence-electron chi connectivity index (χ0n) is 8.26. The predicted octanol–water partition coefficient (Wildman–Crippen LogP) is 1.60. The summed E-state index contributed by atoms with van der Waals surface area (Å²) >= 11 is 0. The quantitative estimate of drug-likeness (QED) is 0.695. The Bertz CT molecular complexity index is 165. The number of carbonyl (C=O) groups excluding carboxylic acids is 1. The fourth-order valence-corrected chi connectivity index (χ4v) is 1.71. The average Bonchev–Trinajstić information content (AvgIpc) is 2.35. The maximum atomic E-state index is 11.4. The lowest BCUT2D eigenvalue weighted by Gasteiger charge is -2.08. The van der Waals surface area contributed by atoms with Crippen LogP contribution in [-0.2, 0) is 4.79 Å². The lowest BCUT2D eigenvalue weighted by Crippen LogP contribution is -2.18. The number of Topliss-reactive ketones (excluding diaryl/α,β-unsaturated/α-hetero) is 1. The van der Waals surface area contributed by atoms with Gasteiger partial charge in [0.1, 0.15) is 5.78 Å². The molecule has 1 unspecified atom stereocenters. The molecule has 0 saturated carbocycles. The van der Waals surface area contributed by atoms with Crippen LogP contribution in [-0.4, -0.2) is 18.4 Å². The molecule has 2 heteroatoms. The van der Waals surface area contributed by atoms with Crippen molar-refractivity contribution in [1.82, 2.24) is 5.32 Å². The van der Waals surface area contributed by atoms with Gasteiger partial charge in [-0.25, -0.2) is 0 Å². The van der Waals surface area contributed by atoms with Crippen molar-refractivity contribution in [1.29, 1.82) is 0 Å². The van der Waals surface area contributed by atoms with Gasteiger partial charge in [0, 0.05) is 18.4 Å². The maximum Gasteiger partial charge on any atom is 0.135 e. The number of rotatable bonds is 3. The van der Waals surface area contributed by atoms with Gasteiger partial charge in [0.15, 0.2) is 0 Å². The number of nitrogens with one attached hydrogen (secondary N) is 1. The van der Waals surface area contributed by atoms with Crippen molar-refractivity contribution in [3.05, 3.63) is 0 Å². The molecule has 1 heterocycles. The molecule has 2 atom stereocenters. The maximum absolute atomic E-state index is 11.4. The van der Waals surface area contributed by atoms with E-state index in [-0.39, 0.29) is 5.92 Å². The molecule has 0 spiro atoms. The van der Waals surface area contributed by atoms with Gasteiger partial charge in [-0.1, -0.05) is 13.8 Å². The Morgan fingerprint density at radius 2 is 2.25 bits per heavy atom. The molecule has 1 fully saturated rings. The summed E-state index contributed by atoms with van der Waals surface area (Å²) in [6, 6.07) is 0.606. The third-order valence-electron chi connectivity index (χ3n) is 2.58. The normalized spacial score (nSPS) is 29.7. The van der Waals surface area contributed by atoms with Crippen molar-refractivity contribution < 1.29 is 4.79 Å². The van der Waals surface area contributed by atoms with Crippen LogP contribution >= 0.6 is 0 Å². The number of hydrogen-bond acceptors (Lipinski definition) is 2. The van der Waals surface area contributed by atoms with Crippen molar-refractivity contribution in [3.63, 3.8) is 0 Å². The van der Waals surface area contributed by atoms with Crippen LogP contribution in [0.15, 0.2) is 0 Å². The van der Waals surface area contributed by atoms with Crippen LogP contribution in [0.25, 0.3) is 0 Å². The molecule has 0 aromatic carbocycles. The molecule has 1 rings (SSSR count). The summed E-state index contributed by atoms with van der Waals surface area (Å²) in [5, 5.41) is 3.36. The summed E-state index contributed by atoms with van der Waals surface area (Å²) in [5.74, 6) is 1.21. The van der Waals surface area contributed by atoms with Gasteiger partial charge in [0.05, 0.1) is 0 Å². The van der Waals surface area contributed by atoms with E-state index in [0.29, 0.717) is 17.7 Å². The van der Waals surface area contributed by atoms with Crippen LogP contribution in [0.3, 0.4) is 0 Å². The molecule has 1 aliphatic heterocycles. The zero-order valence-corrected chi connectivity index (χ0v) is 8.26. The van der Waals surface area contributed by atoms with Crippen LogP contribution in [0.5, 0.6) is 0 Å². The van der Waals surface area contributed by atoms with E-state index < -0.39 is 0 Å². The Morgan fingerprint density at radius 3 is 2.67 bits per heavy atom. The van der Waals surface area contributed by atoms with E-state index in [1.165, 1.54) is 6.42 Å². The van der Waals surface area contributed by atoms with Crippen molar-refractivity contribution in [2.45, 2.75) is 39.7 Å². The third-order valence-corrected chi connectivity index (χ3v) is 2.58.